The maximum atomic E-state index is 13.3. The molecule has 1 amide bonds. The lowest BCUT2D eigenvalue weighted by Gasteiger charge is -2.17. The minimum atomic E-state index is -3.69. The van der Waals surface area contributed by atoms with Crippen molar-refractivity contribution in [2.24, 2.45) is 4.99 Å². The van der Waals surface area contributed by atoms with Gasteiger partial charge in [-0.15, -0.1) is 21.5 Å². The molecule has 5 aromatic rings. The van der Waals surface area contributed by atoms with Crippen LogP contribution in [0.2, 0.25) is 5.02 Å². The molecule has 0 radical (unpaired) electrons. The number of thiophene rings is 1. The van der Waals surface area contributed by atoms with Crippen LogP contribution in [0.15, 0.2) is 70.6 Å². The molecule has 0 aliphatic carbocycles. The zero-order valence-corrected chi connectivity index (χ0v) is 30.6. The first kappa shape index (κ1) is 34.8. The van der Waals surface area contributed by atoms with Gasteiger partial charge in [-0.05, 0) is 63.4 Å². The van der Waals surface area contributed by atoms with Gasteiger partial charge in [-0.25, -0.2) is 13.1 Å². The molecule has 2 aromatic heterocycles. The number of aliphatic imine (C=N–C) groups is 1. The van der Waals surface area contributed by atoms with Crippen molar-refractivity contribution in [3.8, 4) is 5.00 Å². The van der Waals surface area contributed by atoms with Gasteiger partial charge < -0.3 is 10.2 Å². The Labute approximate surface area is 296 Å². The number of carbonyl (C=O) groups excluding carboxylic acids is 1. The van der Waals surface area contributed by atoms with Crippen LogP contribution in [0.25, 0.3) is 15.8 Å². The van der Waals surface area contributed by atoms with Crippen molar-refractivity contribution in [1.82, 2.24) is 24.8 Å². The van der Waals surface area contributed by atoms with Gasteiger partial charge in [0.05, 0.1) is 17.0 Å². The van der Waals surface area contributed by atoms with Gasteiger partial charge in [0, 0.05) is 64.7 Å². The molecule has 1 aliphatic rings. The second kappa shape index (κ2) is 14.4. The zero-order valence-electron chi connectivity index (χ0n) is 28.2. The molecule has 13 heteroatoms. The molecular weight excluding hydrogens is 678 g/mol. The normalized spacial score (nSPS) is 14.2. The highest BCUT2D eigenvalue weighted by Crippen LogP contribution is 2.39. The van der Waals surface area contributed by atoms with Crippen LogP contribution in [-0.2, 0) is 14.8 Å². The lowest BCUT2D eigenvalue weighted by atomic mass is 9.99. The first-order chi connectivity index (χ1) is 23.5. The highest BCUT2D eigenvalue weighted by molar-refractivity contribution is 7.89. The molecular formula is C36H40ClN7O3S2. The maximum absolute atomic E-state index is 13.3. The summed E-state index contributed by atoms with van der Waals surface area (Å²) < 4.78 is 31.2. The molecule has 49 heavy (non-hydrogen) atoms. The summed E-state index contributed by atoms with van der Waals surface area (Å²) in [6.45, 7) is 6.89. The largest absolute Gasteiger partial charge is 0.377 e. The van der Waals surface area contributed by atoms with E-state index in [0.29, 0.717) is 42.2 Å². The number of unbranched alkanes of at least 4 members (excludes halogenated alkanes) is 2. The zero-order chi connectivity index (χ0) is 34.9. The van der Waals surface area contributed by atoms with Gasteiger partial charge in [0.25, 0.3) is 0 Å². The van der Waals surface area contributed by atoms with Crippen LogP contribution in [-0.4, -0.2) is 62.0 Å². The van der Waals surface area contributed by atoms with E-state index < -0.39 is 16.1 Å². The third-order valence-electron chi connectivity index (χ3n) is 8.83. The summed E-state index contributed by atoms with van der Waals surface area (Å²) in [5.41, 5.74) is 4.84. The summed E-state index contributed by atoms with van der Waals surface area (Å²) in [6.07, 6.45) is 2.22. The number of anilines is 1. The van der Waals surface area contributed by atoms with E-state index in [9.17, 15) is 13.2 Å². The average molecular weight is 718 g/mol. The topological polar surface area (TPSA) is 122 Å². The Kier molecular flexibility index (Phi) is 10.2. The van der Waals surface area contributed by atoms with E-state index in [-0.39, 0.29) is 17.2 Å². The predicted molar refractivity (Wildman–Crippen MR) is 198 cm³/mol. The van der Waals surface area contributed by atoms with E-state index in [2.05, 4.69) is 34.1 Å². The van der Waals surface area contributed by atoms with Gasteiger partial charge in [0.1, 0.15) is 16.9 Å². The van der Waals surface area contributed by atoms with Crippen LogP contribution >= 0.6 is 22.9 Å². The number of amides is 1. The Bertz CT molecular complexity index is 2160. The molecule has 1 atom stereocenters. The Balaban J connectivity index is 1.07. The second-order valence-corrected chi connectivity index (χ2v) is 15.8. The molecule has 0 spiro atoms. The molecule has 3 heterocycles. The van der Waals surface area contributed by atoms with E-state index in [1.807, 2.05) is 79.0 Å². The van der Waals surface area contributed by atoms with Crippen molar-refractivity contribution < 1.29 is 13.2 Å². The molecule has 1 aliphatic heterocycles. The monoisotopic (exact) mass is 717 g/mol. The molecule has 3 aromatic carbocycles. The quantitative estimate of drug-likeness (QED) is 0.139. The van der Waals surface area contributed by atoms with Crippen LogP contribution in [0.3, 0.4) is 0 Å². The van der Waals surface area contributed by atoms with Crippen LogP contribution in [0.1, 0.15) is 64.9 Å². The Hall–Kier alpha value is -4.10. The number of benzene rings is 3. The number of aromatic nitrogens is 3. The molecule has 0 bridgehead atoms. The van der Waals surface area contributed by atoms with E-state index in [1.54, 1.807) is 23.5 Å². The molecule has 6 rings (SSSR count). The molecule has 10 nitrogen and oxygen atoms in total. The van der Waals surface area contributed by atoms with Crippen molar-refractivity contribution in [3.05, 3.63) is 98.9 Å². The van der Waals surface area contributed by atoms with Crippen LogP contribution in [0.5, 0.6) is 0 Å². The van der Waals surface area contributed by atoms with Gasteiger partial charge in [-0.2, -0.15) is 0 Å². The van der Waals surface area contributed by atoms with Gasteiger partial charge in [-0.3, -0.25) is 14.4 Å². The lowest BCUT2D eigenvalue weighted by Crippen LogP contribution is -2.27. The first-order valence-corrected chi connectivity index (χ1v) is 19.0. The average Bonchev–Trinajstić information content (AvgIpc) is 3.55. The summed E-state index contributed by atoms with van der Waals surface area (Å²) in [7, 11) is 0.185. The summed E-state index contributed by atoms with van der Waals surface area (Å²) in [6, 6.07) is 18.1. The number of rotatable bonds is 12. The number of halogens is 1. The summed E-state index contributed by atoms with van der Waals surface area (Å²) in [5, 5.41) is 15.1. The second-order valence-electron chi connectivity index (χ2n) is 12.4. The lowest BCUT2D eigenvalue weighted by molar-refractivity contribution is -0.121. The summed E-state index contributed by atoms with van der Waals surface area (Å²) in [4.78, 5) is 21.9. The Morgan fingerprint density at radius 2 is 1.65 bits per heavy atom. The summed E-state index contributed by atoms with van der Waals surface area (Å²) in [5.74, 6) is 1.24. The standard InChI is InChI=1S/C36H40ClN7O3S2/c1-22-23(2)48-36-33(22)34(25-15-17-26(37)18-16-25)40-29(35-42-41-24(3)44(35)36)21-32(45)38-19-7-6-8-20-39-49(46,47)31-14-10-11-27-28(31)12-9-13-30(27)43(4)5/h9-18,29,39H,6-8,19-21H2,1-5H3,(H,38,45)/t29-/m0/s1. The van der Waals surface area contributed by atoms with E-state index >= 15 is 0 Å². The van der Waals surface area contributed by atoms with E-state index in [4.69, 9.17) is 16.6 Å². The number of nitrogens with zero attached hydrogens (tertiary/aromatic N) is 5. The SMILES string of the molecule is Cc1sc2c(c1C)C(c1ccc(Cl)cc1)=N[C@@H](CC(=O)NCCCCCNS(=O)(=O)c1cccc3c(N(C)C)cccc13)c1nnc(C)n1-2. The molecule has 0 saturated carbocycles. The van der Waals surface area contributed by atoms with Crippen molar-refractivity contribution in [2.75, 3.05) is 32.1 Å². The predicted octanol–water partition coefficient (Wildman–Crippen LogP) is 6.67. The van der Waals surface area contributed by atoms with E-state index in [0.717, 1.165) is 50.7 Å². The van der Waals surface area contributed by atoms with Crippen LogP contribution < -0.4 is 14.9 Å². The molecule has 0 saturated heterocycles. The fourth-order valence-corrected chi connectivity index (χ4v) is 8.84. The molecule has 2 N–H and O–H groups in total. The highest BCUT2D eigenvalue weighted by atomic mass is 35.5. The molecule has 256 valence electrons. The smallest absolute Gasteiger partial charge is 0.241 e. The number of hydrogen-bond acceptors (Lipinski definition) is 8. The fraction of sp³-hybridized carbons (Fsp3) is 0.333. The number of aryl methyl sites for hydroxylation is 2. The minimum Gasteiger partial charge on any atom is -0.377 e. The highest BCUT2D eigenvalue weighted by Gasteiger charge is 2.32. The van der Waals surface area contributed by atoms with Crippen molar-refractivity contribution in [2.45, 2.75) is 57.4 Å². The summed E-state index contributed by atoms with van der Waals surface area (Å²) >= 11 is 7.88. The number of fused-ring (bicyclic) bond motifs is 4. The Morgan fingerprint density at radius 1 is 0.939 bits per heavy atom. The fourth-order valence-electron chi connectivity index (χ4n) is 6.21. The van der Waals surface area contributed by atoms with Crippen molar-refractivity contribution >= 4 is 61.0 Å². The third-order valence-corrected chi connectivity index (χ3v) is 11.8. The molecule has 0 fully saturated rings. The van der Waals surface area contributed by atoms with Gasteiger partial charge in [0.15, 0.2) is 5.82 Å². The van der Waals surface area contributed by atoms with Gasteiger partial charge in [0.2, 0.25) is 15.9 Å². The minimum absolute atomic E-state index is 0.114. The molecule has 0 unspecified atom stereocenters. The number of sulfonamides is 1. The van der Waals surface area contributed by atoms with Crippen LogP contribution in [0, 0.1) is 20.8 Å². The third kappa shape index (κ3) is 7.14. The van der Waals surface area contributed by atoms with Gasteiger partial charge >= 0.3 is 0 Å². The number of carbonyl (C=O) groups is 1. The van der Waals surface area contributed by atoms with Crippen molar-refractivity contribution in [3.63, 3.8) is 0 Å². The van der Waals surface area contributed by atoms with Crippen LogP contribution in [0.4, 0.5) is 5.69 Å². The first-order valence-electron chi connectivity index (χ1n) is 16.3. The Morgan fingerprint density at radius 3 is 2.41 bits per heavy atom. The van der Waals surface area contributed by atoms with Gasteiger partial charge in [-0.1, -0.05) is 54.4 Å². The maximum Gasteiger partial charge on any atom is 0.241 e. The van der Waals surface area contributed by atoms with Crippen molar-refractivity contribution in [1.29, 1.82) is 0 Å². The number of nitrogens with one attached hydrogen (secondary N) is 2. The van der Waals surface area contributed by atoms with E-state index in [1.165, 1.54) is 4.88 Å². The number of hydrogen-bond donors (Lipinski definition) is 2.